The SMILES string of the molecule is CC(C)(C)OC(=O)CN1CC(=O)N(C(CS)Cc2ccccc2)C1=O. The lowest BCUT2D eigenvalue weighted by atomic mass is 10.1. The van der Waals surface area contributed by atoms with Gasteiger partial charge >= 0.3 is 12.0 Å². The molecule has 6 nitrogen and oxygen atoms in total. The van der Waals surface area contributed by atoms with Crippen molar-refractivity contribution >= 4 is 30.5 Å². The lowest BCUT2D eigenvalue weighted by Crippen LogP contribution is -2.44. The highest BCUT2D eigenvalue weighted by molar-refractivity contribution is 7.80. The van der Waals surface area contributed by atoms with Crippen LogP contribution in [0.15, 0.2) is 30.3 Å². The molecule has 3 amide bonds. The highest BCUT2D eigenvalue weighted by Crippen LogP contribution is 2.19. The van der Waals surface area contributed by atoms with Crippen molar-refractivity contribution in [3.8, 4) is 0 Å². The molecule has 0 radical (unpaired) electrons. The average molecular weight is 364 g/mol. The van der Waals surface area contributed by atoms with Crippen LogP contribution in [0.5, 0.6) is 0 Å². The predicted octanol–water partition coefficient (Wildman–Crippen LogP) is 2.13. The maximum absolute atomic E-state index is 12.6. The van der Waals surface area contributed by atoms with Crippen molar-refractivity contribution in [3.05, 3.63) is 35.9 Å². The molecule has 1 unspecified atom stereocenters. The maximum atomic E-state index is 12.6. The summed E-state index contributed by atoms with van der Waals surface area (Å²) in [6, 6.07) is 8.80. The highest BCUT2D eigenvalue weighted by atomic mass is 32.1. The third kappa shape index (κ3) is 5.22. The number of imide groups is 1. The number of urea groups is 1. The summed E-state index contributed by atoms with van der Waals surface area (Å²) in [4.78, 5) is 39.3. The van der Waals surface area contributed by atoms with Gasteiger partial charge in [0, 0.05) is 5.75 Å². The molecule has 0 N–H and O–H groups in total. The smallest absolute Gasteiger partial charge is 0.328 e. The van der Waals surface area contributed by atoms with Crippen molar-refractivity contribution in [3.63, 3.8) is 0 Å². The number of benzene rings is 1. The Morgan fingerprint density at radius 2 is 1.88 bits per heavy atom. The molecular formula is C18H24N2O4S. The molecular weight excluding hydrogens is 340 g/mol. The number of nitrogens with zero attached hydrogens (tertiary/aromatic N) is 2. The van der Waals surface area contributed by atoms with E-state index in [1.165, 1.54) is 9.80 Å². The number of carbonyl (C=O) groups is 3. The van der Waals surface area contributed by atoms with Gasteiger partial charge in [0.25, 0.3) is 5.91 Å². The predicted molar refractivity (Wildman–Crippen MR) is 97.4 cm³/mol. The van der Waals surface area contributed by atoms with Crippen LogP contribution < -0.4 is 0 Å². The molecule has 1 atom stereocenters. The number of hydrogen-bond acceptors (Lipinski definition) is 5. The first kappa shape index (κ1) is 19.3. The van der Waals surface area contributed by atoms with Crippen molar-refractivity contribution in [2.75, 3.05) is 18.8 Å². The van der Waals surface area contributed by atoms with E-state index in [2.05, 4.69) is 12.6 Å². The zero-order chi connectivity index (χ0) is 18.6. The molecule has 136 valence electrons. The Morgan fingerprint density at radius 1 is 1.24 bits per heavy atom. The molecule has 2 rings (SSSR count). The number of ether oxygens (including phenoxy) is 1. The van der Waals surface area contributed by atoms with E-state index in [0.717, 1.165) is 5.56 Å². The van der Waals surface area contributed by atoms with Gasteiger partial charge in [-0.25, -0.2) is 4.79 Å². The van der Waals surface area contributed by atoms with E-state index in [4.69, 9.17) is 4.74 Å². The van der Waals surface area contributed by atoms with Gasteiger partial charge in [0.05, 0.1) is 6.04 Å². The van der Waals surface area contributed by atoms with Crippen LogP contribution in [0.25, 0.3) is 0 Å². The van der Waals surface area contributed by atoms with Gasteiger partial charge in [-0.15, -0.1) is 0 Å². The number of hydrogen-bond donors (Lipinski definition) is 1. The van der Waals surface area contributed by atoms with Crippen LogP contribution >= 0.6 is 12.6 Å². The zero-order valence-electron chi connectivity index (χ0n) is 14.8. The molecule has 1 aliphatic rings. The van der Waals surface area contributed by atoms with Gasteiger partial charge in [0.15, 0.2) is 0 Å². The minimum atomic E-state index is -0.634. The molecule has 0 aliphatic carbocycles. The fraction of sp³-hybridized carbons (Fsp3) is 0.500. The third-order valence-electron chi connectivity index (χ3n) is 3.70. The number of thiol groups is 1. The van der Waals surface area contributed by atoms with Gasteiger partial charge in [-0.1, -0.05) is 30.3 Å². The Morgan fingerprint density at radius 3 is 2.44 bits per heavy atom. The van der Waals surface area contributed by atoms with Crippen LogP contribution in [-0.4, -0.2) is 58.2 Å². The molecule has 1 heterocycles. The van der Waals surface area contributed by atoms with E-state index in [9.17, 15) is 14.4 Å². The monoisotopic (exact) mass is 364 g/mol. The topological polar surface area (TPSA) is 66.9 Å². The molecule has 1 fully saturated rings. The molecule has 1 aromatic carbocycles. The Hall–Kier alpha value is -2.02. The van der Waals surface area contributed by atoms with Crippen molar-refractivity contribution in [1.29, 1.82) is 0 Å². The second-order valence-electron chi connectivity index (χ2n) is 7.01. The minimum absolute atomic E-state index is 0.114. The largest absolute Gasteiger partial charge is 0.459 e. The van der Waals surface area contributed by atoms with E-state index in [1.54, 1.807) is 20.8 Å². The summed E-state index contributed by atoms with van der Waals surface area (Å²) in [6.07, 6.45) is 0.530. The zero-order valence-corrected chi connectivity index (χ0v) is 15.7. The first-order valence-electron chi connectivity index (χ1n) is 8.19. The lowest BCUT2D eigenvalue weighted by molar-refractivity contribution is -0.155. The van der Waals surface area contributed by atoms with Crippen LogP contribution in [0, 0.1) is 0 Å². The van der Waals surface area contributed by atoms with Crippen molar-refractivity contribution in [2.45, 2.75) is 38.8 Å². The van der Waals surface area contributed by atoms with Gasteiger partial charge in [-0.3, -0.25) is 14.5 Å². The summed E-state index contributed by atoms with van der Waals surface area (Å²) in [5.74, 6) is -0.489. The molecule has 25 heavy (non-hydrogen) atoms. The standard InChI is InChI=1S/C18H24N2O4S/c1-18(2,3)24-16(22)11-19-10-15(21)20(17(19)23)14(12-25)9-13-7-5-4-6-8-13/h4-8,14,25H,9-12H2,1-3H3. The molecule has 0 saturated carbocycles. The third-order valence-corrected chi connectivity index (χ3v) is 4.12. The minimum Gasteiger partial charge on any atom is -0.459 e. The quantitative estimate of drug-likeness (QED) is 0.477. The summed E-state index contributed by atoms with van der Waals surface area (Å²) in [5.41, 5.74) is 0.387. The number of esters is 1. The van der Waals surface area contributed by atoms with E-state index < -0.39 is 17.6 Å². The summed E-state index contributed by atoms with van der Waals surface area (Å²) >= 11 is 4.30. The molecule has 7 heteroatoms. The number of carbonyl (C=O) groups excluding carboxylic acids is 3. The van der Waals surface area contributed by atoms with Crippen LogP contribution in [0.1, 0.15) is 26.3 Å². The van der Waals surface area contributed by atoms with Crippen molar-refractivity contribution < 1.29 is 19.1 Å². The summed E-state index contributed by atoms with van der Waals surface area (Å²) in [7, 11) is 0. The van der Waals surface area contributed by atoms with E-state index in [0.29, 0.717) is 12.2 Å². The average Bonchev–Trinajstić information content (AvgIpc) is 2.78. The first-order chi connectivity index (χ1) is 11.7. The Kier molecular flexibility index (Phi) is 6.11. The van der Waals surface area contributed by atoms with Gasteiger partial charge in [0.2, 0.25) is 0 Å². The van der Waals surface area contributed by atoms with E-state index in [1.807, 2.05) is 30.3 Å². The summed E-state index contributed by atoms with van der Waals surface area (Å²) in [6.45, 7) is 4.92. The molecule has 0 bridgehead atoms. The van der Waals surface area contributed by atoms with Crippen LogP contribution in [0.2, 0.25) is 0 Å². The lowest BCUT2D eigenvalue weighted by Gasteiger charge is -2.25. The molecule has 1 aromatic rings. The van der Waals surface area contributed by atoms with Crippen molar-refractivity contribution in [1.82, 2.24) is 9.80 Å². The van der Waals surface area contributed by atoms with Crippen LogP contribution in [0.4, 0.5) is 4.79 Å². The molecule has 1 aliphatic heterocycles. The fourth-order valence-corrected chi connectivity index (χ4v) is 3.00. The Labute approximate surface area is 153 Å². The summed E-state index contributed by atoms with van der Waals surface area (Å²) in [5, 5.41) is 0. The molecule has 1 saturated heterocycles. The number of amides is 3. The number of rotatable bonds is 6. The molecule has 0 spiro atoms. The fourth-order valence-electron chi connectivity index (χ4n) is 2.70. The highest BCUT2D eigenvalue weighted by Gasteiger charge is 2.41. The van der Waals surface area contributed by atoms with Crippen LogP contribution in [0.3, 0.4) is 0 Å². The maximum Gasteiger partial charge on any atom is 0.328 e. The van der Waals surface area contributed by atoms with E-state index in [-0.39, 0.29) is 25.0 Å². The Balaban J connectivity index is 2.05. The van der Waals surface area contributed by atoms with E-state index >= 15 is 0 Å². The Bertz CT molecular complexity index is 642. The van der Waals surface area contributed by atoms with Gasteiger partial charge < -0.3 is 9.64 Å². The van der Waals surface area contributed by atoms with Gasteiger partial charge in [-0.05, 0) is 32.8 Å². The second kappa shape index (κ2) is 7.91. The normalized spacial score (nSPS) is 16.3. The summed E-state index contributed by atoms with van der Waals surface area (Å²) < 4.78 is 5.22. The first-order valence-corrected chi connectivity index (χ1v) is 8.82. The van der Waals surface area contributed by atoms with Crippen LogP contribution in [-0.2, 0) is 20.7 Å². The van der Waals surface area contributed by atoms with Crippen molar-refractivity contribution in [2.24, 2.45) is 0 Å². The second-order valence-corrected chi connectivity index (χ2v) is 7.38. The van der Waals surface area contributed by atoms with Gasteiger partial charge in [-0.2, -0.15) is 12.6 Å². The molecule has 0 aromatic heterocycles. The van der Waals surface area contributed by atoms with Gasteiger partial charge in [0.1, 0.15) is 18.7 Å².